The lowest BCUT2D eigenvalue weighted by molar-refractivity contribution is 0.164. The summed E-state index contributed by atoms with van der Waals surface area (Å²) in [7, 11) is 0. The van der Waals surface area contributed by atoms with Gasteiger partial charge < -0.3 is 5.11 Å². The van der Waals surface area contributed by atoms with Crippen molar-refractivity contribution in [2.24, 2.45) is 0 Å². The van der Waals surface area contributed by atoms with Crippen LogP contribution in [0.4, 0.5) is 0 Å². The van der Waals surface area contributed by atoms with Crippen LogP contribution in [-0.2, 0) is 0 Å². The first-order chi connectivity index (χ1) is 6.17. The van der Waals surface area contributed by atoms with E-state index in [0.29, 0.717) is 12.0 Å². The predicted molar refractivity (Wildman–Crippen MR) is 50.9 cm³/mol. The molecule has 0 bridgehead atoms. The molecule has 0 spiro atoms. The van der Waals surface area contributed by atoms with E-state index in [2.05, 4.69) is 6.92 Å². The zero-order chi connectivity index (χ0) is 9.73. The predicted octanol–water partition coefficient (Wildman–Crippen LogP) is 2.91. The number of hydrogen-bond acceptors (Lipinski definition) is 1. The minimum atomic E-state index is -1.41. The van der Waals surface area contributed by atoms with Crippen LogP contribution >= 0.6 is 0 Å². The molecular formula is C11H16O. The van der Waals surface area contributed by atoms with Gasteiger partial charge in [-0.2, -0.15) is 0 Å². The second-order valence-corrected chi connectivity index (χ2v) is 2.92. The fourth-order valence-corrected chi connectivity index (χ4v) is 1.12. The highest BCUT2D eigenvalue weighted by Crippen LogP contribution is 2.17. The topological polar surface area (TPSA) is 20.2 Å². The summed E-state index contributed by atoms with van der Waals surface area (Å²) in [5, 5.41) is 9.78. The smallest absolute Gasteiger partial charge is 0.0790 e. The first kappa shape index (κ1) is 7.81. The van der Waals surface area contributed by atoms with E-state index in [9.17, 15) is 5.11 Å². The quantitative estimate of drug-likeness (QED) is 0.727. The zero-order valence-corrected chi connectivity index (χ0v) is 7.46. The molecule has 0 saturated carbocycles. The lowest BCUT2D eigenvalue weighted by Gasteiger charge is -2.09. The molecular weight excluding hydrogens is 148 g/mol. The van der Waals surface area contributed by atoms with E-state index in [0.717, 1.165) is 12.8 Å². The molecule has 12 heavy (non-hydrogen) atoms. The van der Waals surface area contributed by atoms with Gasteiger partial charge >= 0.3 is 0 Å². The molecule has 1 atom stereocenters. The summed E-state index contributed by atoms with van der Waals surface area (Å²) in [6.45, 7) is 2.06. The van der Waals surface area contributed by atoms with Crippen LogP contribution in [-0.4, -0.2) is 5.11 Å². The van der Waals surface area contributed by atoms with Crippen molar-refractivity contribution in [3.8, 4) is 0 Å². The molecule has 0 saturated heterocycles. The van der Waals surface area contributed by atoms with Crippen LogP contribution in [0.25, 0.3) is 0 Å². The molecule has 0 aliphatic rings. The third-order valence-electron chi connectivity index (χ3n) is 1.87. The highest BCUT2D eigenvalue weighted by atomic mass is 16.3. The number of rotatable bonds is 4. The Balaban J connectivity index is 2.69. The summed E-state index contributed by atoms with van der Waals surface area (Å²) in [6, 6.07) is 9.17. The second-order valence-electron chi connectivity index (χ2n) is 2.92. The Labute approximate surface area is 75.5 Å². The van der Waals surface area contributed by atoms with Gasteiger partial charge in [-0.3, -0.25) is 0 Å². The molecule has 0 fully saturated rings. The number of benzene rings is 1. The highest BCUT2D eigenvalue weighted by molar-refractivity contribution is 5.16. The maximum atomic E-state index is 9.78. The van der Waals surface area contributed by atoms with E-state index in [4.69, 9.17) is 1.37 Å². The molecule has 1 rings (SSSR count). The maximum Gasteiger partial charge on any atom is 0.0790 e. The van der Waals surface area contributed by atoms with E-state index in [1.807, 2.05) is 18.2 Å². The summed E-state index contributed by atoms with van der Waals surface area (Å²) < 4.78 is 7.73. The summed E-state index contributed by atoms with van der Waals surface area (Å²) in [6.07, 6.45) is 0.994. The molecule has 0 aromatic heterocycles. The summed E-state index contributed by atoms with van der Waals surface area (Å²) in [5.41, 5.74) is 0.684. The van der Waals surface area contributed by atoms with E-state index < -0.39 is 6.08 Å². The molecule has 66 valence electrons. The van der Waals surface area contributed by atoms with E-state index in [1.165, 1.54) is 0 Å². The van der Waals surface area contributed by atoms with Gasteiger partial charge in [0.2, 0.25) is 0 Å². The van der Waals surface area contributed by atoms with Gasteiger partial charge in [0.25, 0.3) is 0 Å². The molecule has 0 radical (unpaired) electrons. The van der Waals surface area contributed by atoms with Crippen molar-refractivity contribution >= 4 is 0 Å². The van der Waals surface area contributed by atoms with Crippen molar-refractivity contribution in [3.63, 3.8) is 0 Å². The van der Waals surface area contributed by atoms with Gasteiger partial charge in [0, 0.05) is 0 Å². The van der Waals surface area contributed by atoms with Gasteiger partial charge in [0.15, 0.2) is 0 Å². The molecule has 1 N–H and O–H groups in total. The van der Waals surface area contributed by atoms with Gasteiger partial charge in [0.05, 0.1) is 7.45 Å². The summed E-state index contributed by atoms with van der Waals surface area (Å²) >= 11 is 0. The van der Waals surface area contributed by atoms with Crippen molar-refractivity contribution in [2.75, 3.05) is 0 Å². The van der Waals surface area contributed by atoms with Gasteiger partial charge in [0.1, 0.15) is 0 Å². The lowest BCUT2D eigenvalue weighted by Crippen LogP contribution is -1.95. The number of aliphatic hydroxyl groups is 1. The van der Waals surface area contributed by atoms with E-state index in [-0.39, 0.29) is 0 Å². The molecule has 1 heteroatoms. The molecule has 1 aromatic rings. The Morgan fingerprint density at radius 2 is 2.08 bits per heavy atom. The lowest BCUT2D eigenvalue weighted by atomic mass is 10.0. The molecule has 0 aliphatic carbocycles. The first-order valence-electron chi connectivity index (χ1n) is 4.94. The molecule has 0 aliphatic heterocycles. The maximum absolute atomic E-state index is 9.78. The Kier molecular flexibility index (Phi) is 3.21. The van der Waals surface area contributed by atoms with E-state index in [1.54, 1.807) is 12.1 Å². The highest BCUT2D eigenvalue weighted by Gasteiger charge is 2.04. The minimum Gasteiger partial charge on any atom is -0.388 e. The molecule has 0 amide bonds. The van der Waals surface area contributed by atoms with Crippen molar-refractivity contribution in [3.05, 3.63) is 35.9 Å². The van der Waals surface area contributed by atoms with Gasteiger partial charge in [-0.05, 0) is 12.0 Å². The van der Waals surface area contributed by atoms with Crippen LogP contribution in [0.5, 0.6) is 0 Å². The van der Waals surface area contributed by atoms with Crippen molar-refractivity contribution in [1.82, 2.24) is 0 Å². The van der Waals surface area contributed by atoms with Crippen LogP contribution in [0, 0.1) is 0 Å². The largest absolute Gasteiger partial charge is 0.388 e. The van der Waals surface area contributed by atoms with Crippen LogP contribution < -0.4 is 0 Å². The van der Waals surface area contributed by atoms with Gasteiger partial charge in [-0.15, -0.1) is 0 Å². The second kappa shape index (κ2) is 4.94. The fourth-order valence-electron chi connectivity index (χ4n) is 1.12. The first-order valence-corrected chi connectivity index (χ1v) is 4.44. The van der Waals surface area contributed by atoms with Gasteiger partial charge in [-0.25, -0.2) is 0 Å². The SMILES string of the molecule is [2H]C(O)(CCCC)c1ccccc1. The summed E-state index contributed by atoms with van der Waals surface area (Å²) in [4.78, 5) is 0. The Bertz CT molecular complexity index is 244. The van der Waals surface area contributed by atoms with Crippen LogP contribution in [0.3, 0.4) is 0 Å². The van der Waals surface area contributed by atoms with E-state index >= 15 is 0 Å². The van der Waals surface area contributed by atoms with Crippen LogP contribution in [0.15, 0.2) is 30.3 Å². The minimum absolute atomic E-state index is 0.507. The Morgan fingerprint density at radius 3 is 2.67 bits per heavy atom. The van der Waals surface area contributed by atoms with Gasteiger partial charge in [-0.1, -0.05) is 50.1 Å². The van der Waals surface area contributed by atoms with Crippen LogP contribution in [0.2, 0.25) is 0 Å². The summed E-state index contributed by atoms with van der Waals surface area (Å²) in [5.74, 6) is 0. The Morgan fingerprint density at radius 1 is 1.42 bits per heavy atom. The zero-order valence-electron chi connectivity index (χ0n) is 8.46. The normalized spacial score (nSPS) is 16.7. The number of unbranched alkanes of at least 4 members (excludes halogenated alkanes) is 1. The van der Waals surface area contributed by atoms with Crippen LogP contribution in [0.1, 0.15) is 39.2 Å². The molecule has 1 aromatic carbocycles. The average Bonchev–Trinajstić information content (AvgIpc) is 2.16. The number of hydrogen-bond donors (Lipinski definition) is 1. The standard InChI is InChI=1S/C11H16O/c1-2-3-9-11(12)10-7-5-4-6-8-10/h4-8,11-12H,2-3,9H2,1H3/i11D. The molecule has 1 unspecified atom stereocenters. The monoisotopic (exact) mass is 165 g/mol. The van der Waals surface area contributed by atoms with Crippen molar-refractivity contribution in [1.29, 1.82) is 0 Å². The average molecular weight is 165 g/mol. The molecule has 1 nitrogen and oxygen atoms in total. The van der Waals surface area contributed by atoms with Crippen molar-refractivity contribution in [2.45, 2.75) is 32.3 Å². The third-order valence-corrected chi connectivity index (χ3v) is 1.87. The molecule has 0 heterocycles. The fraction of sp³-hybridized carbons (Fsp3) is 0.455. The Hall–Kier alpha value is -0.820. The van der Waals surface area contributed by atoms with Crippen molar-refractivity contribution < 1.29 is 6.48 Å². The third kappa shape index (κ3) is 2.67.